The molecule has 0 saturated heterocycles. The van der Waals surface area contributed by atoms with Gasteiger partial charge in [-0.15, -0.1) is 0 Å². The minimum absolute atomic E-state index is 0.281. The van der Waals surface area contributed by atoms with Crippen molar-refractivity contribution < 1.29 is 9.47 Å². The van der Waals surface area contributed by atoms with Crippen molar-refractivity contribution in [1.82, 2.24) is 0 Å². The molecule has 0 saturated carbocycles. The molecule has 0 aliphatic heterocycles. The van der Waals surface area contributed by atoms with Gasteiger partial charge in [0.15, 0.2) is 0 Å². The Morgan fingerprint density at radius 1 is 1.20 bits per heavy atom. The van der Waals surface area contributed by atoms with Crippen LogP contribution in [0.4, 0.5) is 0 Å². The normalized spacial score (nSPS) is 15.7. The summed E-state index contributed by atoms with van der Waals surface area (Å²) < 4.78 is 11.3. The van der Waals surface area contributed by atoms with Crippen LogP contribution in [-0.4, -0.2) is 25.4 Å². The van der Waals surface area contributed by atoms with Crippen LogP contribution in [0.2, 0.25) is 0 Å². The summed E-state index contributed by atoms with van der Waals surface area (Å²) in [5, 5.41) is 0. The highest BCUT2D eigenvalue weighted by Crippen LogP contribution is 2.10. The van der Waals surface area contributed by atoms with E-state index in [1.54, 1.807) is 0 Å². The van der Waals surface area contributed by atoms with Gasteiger partial charge in [-0.25, -0.2) is 0 Å². The molecule has 0 heterocycles. The lowest BCUT2D eigenvalue weighted by atomic mass is 10.1. The largest absolute Gasteiger partial charge is 0.378 e. The zero-order valence-corrected chi connectivity index (χ0v) is 10.7. The van der Waals surface area contributed by atoms with E-state index in [0.29, 0.717) is 12.7 Å². The molecule has 0 bridgehead atoms. The van der Waals surface area contributed by atoms with E-state index in [-0.39, 0.29) is 6.10 Å². The highest BCUT2D eigenvalue weighted by Gasteiger charge is 2.11. The van der Waals surface area contributed by atoms with Gasteiger partial charge in [-0.05, 0) is 33.1 Å². The summed E-state index contributed by atoms with van der Waals surface area (Å²) in [5.74, 6) is 0. The zero-order valence-electron chi connectivity index (χ0n) is 10.7. The molecular weight excluding hydrogens is 188 g/mol. The Balaban J connectivity index is 3.64. The molecule has 2 unspecified atom stereocenters. The number of allylic oxidation sites excluding steroid dienone is 1. The fourth-order valence-electron chi connectivity index (χ4n) is 1.39. The van der Waals surface area contributed by atoms with Crippen molar-refractivity contribution in [1.29, 1.82) is 0 Å². The number of hydrogen-bond donors (Lipinski definition) is 0. The van der Waals surface area contributed by atoms with Crippen molar-refractivity contribution in [2.75, 3.05) is 13.2 Å². The molecule has 0 rings (SSSR count). The van der Waals surface area contributed by atoms with E-state index in [1.807, 2.05) is 19.1 Å². The van der Waals surface area contributed by atoms with Crippen LogP contribution in [0.25, 0.3) is 0 Å². The number of hydrogen-bond acceptors (Lipinski definition) is 2. The first-order valence-corrected chi connectivity index (χ1v) is 6.08. The van der Waals surface area contributed by atoms with Crippen molar-refractivity contribution >= 4 is 0 Å². The Morgan fingerprint density at radius 3 is 2.47 bits per heavy atom. The first-order valence-electron chi connectivity index (χ1n) is 6.08. The topological polar surface area (TPSA) is 18.5 Å². The third kappa shape index (κ3) is 8.64. The molecule has 0 aliphatic rings. The van der Waals surface area contributed by atoms with E-state index in [1.165, 1.54) is 0 Å². The summed E-state index contributed by atoms with van der Waals surface area (Å²) in [6, 6.07) is 0. The molecule has 0 N–H and O–H groups in total. The lowest BCUT2D eigenvalue weighted by Gasteiger charge is -2.20. The molecule has 0 radical (unpaired) electrons. The van der Waals surface area contributed by atoms with Crippen LogP contribution in [-0.2, 0) is 9.47 Å². The third-order valence-electron chi connectivity index (χ3n) is 2.32. The highest BCUT2D eigenvalue weighted by molar-refractivity contribution is 4.76. The van der Waals surface area contributed by atoms with Gasteiger partial charge >= 0.3 is 0 Å². The maximum Gasteiger partial charge on any atom is 0.0651 e. The van der Waals surface area contributed by atoms with E-state index in [2.05, 4.69) is 20.8 Å². The highest BCUT2D eigenvalue weighted by atomic mass is 16.5. The molecule has 0 amide bonds. The lowest BCUT2D eigenvalue weighted by Crippen LogP contribution is -2.21. The maximum absolute atomic E-state index is 5.72. The van der Waals surface area contributed by atoms with Crippen LogP contribution in [0.1, 0.15) is 47.0 Å². The Morgan fingerprint density at radius 2 is 1.93 bits per heavy atom. The van der Waals surface area contributed by atoms with Gasteiger partial charge in [0, 0.05) is 6.61 Å². The summed E-state index contributed by atoms with van der Waals surface area (Å²) in [6.07, 6.45) is 7.83. The van der Waals surface area contributed by atoms with Crippen LogP contribution in [0.15, 0.2) is 12.2 Å². The van der Waals surface area contributed by atoms with Crippen molar-refractivity contribution in [3.63, 3.8) is 0 Å². The summed E-state index contributed by atoms with van der Waals surface area (Å²) >= 11 is 0. The van der Waals surface area contributed by atoms with Crippen molar-refractivity contribution in [2.24, 2.45) is 0 Å². The van der Waals surface area contributed by atoms with Crippen LogP contribution >= 0.6 is 0 Å². The van der Waals surface area contributed by atoms with E-state index in [4.69, 9.17) is 9.47 Å². The van der Waals surface area contributed by atoms with Crippen molar-refractivity contribution in [2.45, 2.75) is 59.2 Å². The quantitative estimate of drug-likeness (QED) is 0.546. The molecule has 15 heavy (non-hydrogen) atoms. The Kier molecular flexibility index (Phi) is 9.96. The average molecular weight is 214 g/mol. The van der Waals surface area contributed by atoms with Crippen molar-refractivity contribution in [3.05, 3.63) is 12.2 Å². The second kappa shape index (κ2) is 10.2. The second-order valence-corrected chi connectivity index (χ2v) is 3.85. The zero-order chi connectivity index (χ0) is 11.5. The average Bonchev–Trinajstić information content (AvgIpc) is 2.24. The van der Waals surface area contributed by atoms with Crippen molar-refractivity contribution in [3.8, 4) is 0 Å². The minimum Gasteiger partial charge on any atom is -0.378 e. The lowest BCUT2D eigenvalue weighted by molar-refractivity contribution is -0.00450. The van der Waals surface area contributed by atoms with E-state index < -0.39 is 0 Å². The fraction of sp³-hybridized carbons (Fsp3) is 0.846. The summed E-state index contributed by atoms with van der Waals surface area (Å²) in [6.45, 7) is 9.99. The van der Waals surface area contributed by atoms with E-state index in [0.717, 1.165) is 25.9 Å². The number of rotatable bonds is 9. The van der Waals surface area contributed by atoms with Crippen LogP contribution in [0.5, 0.6) is 0 Å². The van der Waals surface area contributed by atoms with Gasteiger partial charge in [0.05, 0.1) is 18.8 Å². The van der Waals surface area contributed by atoms with Gasteiger partial charge in [-0.2, -0.15) is 0 Å². The van der Waals surface area contributed by atoms with Gasteiger partial charge in [-0.3, -0.25) is 0 Å². The molecule has 0 aromatic carbocycles. The van der Waals surface area contributed by atoms with Crippen LogP contribution in [0, 0.1) is 0 Å². The SMILES string of the molecule is C/C=C/COC(C)CC(CC)OCCC. The van der Waals surface area contributed by atoms with Crippen LogP contribution in [0.3, 0.4) is 0 Å². The fourth-order valence-corrected chi connectivity index (χ4v) is 1.39. The van der Waals surface area contributed by atoms with Crippen LogP contribution < -0.4 is 0 Å². The monoisotopic (exact) mass is 214 g/mol. The molecule has 2 atom stereocenters. The molecule has 0 fully saturated rings. The van der Waals surface area contributed by atoms with Gasteiger partial charge in [0.25, 0.3) is 0 Å². The summed E-state index contributed by atoms with van der Waals surface area (Å²) in [5.41, 5.74) is 0. The van der Waals surface area contributed by atoms with E-state index >= 15 is 0 Å². The Labute approximate surface area is 94.7 Å². The smallest absolute Gasteiger partial charge is 0.0651 e. The molecule has 0 spiro atoms. The van der Waals surface area contributed by atoms with Gasteiger partial charge < -0.3 is 9.47 Å². The van der Waals surface area contributed by atoms with Gasteiger partial charge in [0.2, 0.25) is 0 Å². The number of ether oxygens (including phenoxy) is 2. The third-order valence-corrected chi connectivity index (χ3v) is 2.32. The molecule has 0 aromatic rings. The first-order chi connectivity index (χ1) is 7.24. The van der Waals surface area contributed by atoms with E-state index in [9.17, 15) is 0 Å². The molecule has 90 valence electrons. The second-order valence-electron chi connectivity index (χ2n) is 3.85. The predicted molar refractivity (Wildman–Crippen MR) is 65.2 cm³/mol. The van der Waals surface area contributed by atoms with Gasteiger partial charge in [0.1, 0.15) is 0 Å². The first kappa shape index (κ1) is 14.7. The van der Waals surface area contributed by atoms with Gasteiger partial charge in [-0.1, -0.05) is 26.0 Å². The predicted octanol–water partition coefficient (Wildman–Crippen LogP) is 3.56. The molecular formula is C13H26O2. The molecule has 2 nitrogen and oxygen atoms in total. The Hall–Kier alpha value is -0.340. The Bertz CT molecular complexity index is 155. The molecule has 0 aliphatic carbocycles. The minimum atomic E-state index is 0.281. The molecule has 2 heteroatoms. The maximum atomic E-state index is 5.72. The standard InChI is InChI=1S/C13H26O2/c1-5-8-10-14-12(4)11-13(7-3)15-9-6-2/h5,8,12-13H,6-7,9-11H2,1-4H3/b8-5+. The summed E-state index contributed by atoms with van der Waals surface area (Å²) in [4.78, 5) is 0. The summed E-state index contributed by atoms with van der Waals surface area (Å²) in [7, 11) is 0. The molecule has 0 aromatic heterocycles.